The summed E-state index contributed by atoms with van der Waals surface area (Å²) >= 11 is 0. The minimum atomic E-state index is -3.14. The van der Waals surface area contributed by atoms with Gasteiger partial charge in [0.1, 0.15) is 0 Å². The average Bonchev–Trinajstić information content (AvgIpc) is 2.68. The number of hydrogen-bond donors (Lipinski definition) is 1. The van der Waals surface area contributed by atoms with Crippen molar-refractivity contribution in [3.63, 3.8) is 0 Å². The molecule has 2 aliphatic rings. The smallest absolute Gasteiger partial charge is 0.220 e. The molecule has 6 nitrogen and oxygen atoms in total. The van der Waals surface area contributed by atoms with Crippen LogP contribution in [0.1, 0.15) is 51.0 Å². The van der Waals surface area contributed by atoms with E-state index in [1.807, 2.05) is 37.3 Å². The number of carbonyl (C=O) groups excluding carboxylic acids is 1. The third-order valence-corrected chi connectivity index (χ3v) is 7.97. The van der Waals surface area contributed by atoms with E-state index in [9.17, 15) is 13.2 Å². The number of carbonyl (C=O) groups is 1. The van der Waals surface area contributed by atoms with E-state index in [-0.39, 0.29) is 17.3 Å². The Balaban J connectivity index is 1.48. The summed E-state index contributed by atoms with van der Waals surface area (Å²) in [6, 6.07) is 9.91. The van der Waals surface area contributed by atoms with Crippen molar-refractivity contribution < 1.29 is 17.9 Å². The number of rotatable bonds is 7. The largest absolute Gasteiger partial charge is 0.375 e. The lowest BCUT2D eigenvalue weighted by Crippen LogP contribution is -2.51. The van der Waals surface area contributed by atoms with E-state index in [1.54, 1.807) is 4.31 Å². The summed E-state index contributed by atoms with van der Waals surface area (Å²) in [7, 11) is -3.14. The predicted molar refractivity (Wildman–Crippen MR) is 109 cm³/mol. The molecule has 2 saturated heterocycles. The van der Waals surface area contributed by atoms with Gasteiger partial charge in [-0.05, 0) is 43.6 Å². The Labute approximate surface area is 168 Å². The van der Waals surface area contributed by atoms with Gasteiger partial charge in [-0.1, -0.05) is 37.3 Å². The van der Waals surface area contributed by atoms with Crippen LogP contribution in [0.2, 0.25) is 0 Å². The zero-order valence-corrected chi connectivity index (χ0v) is 17.5. The van der Waals surface area contributed by atoms with Gasteiger partial charge in [0.15, 0.2) is 0 Å². The molecule has 0 saturated carbocycles. The first kappa shape index (κ1) is 21.3. The molecule has 28 heavy (non-hydrogen) atoms. The summed E-state index contributed by atoms with van der Waals surface area (Å²) in [6.07, 6.45) is 4.32. The standard InChI is InChI=1S/C21H32N2O4S/c1-2-14-28(25,26)23-11-9-21(10-12-23)16-19(8-13-27-21)15-20(24)22-17-18-6-4-3-5-7-18/h3-7,19H,2,8-17H2,1H3,(H,22,24). The minimum absolute atomic E-state index is 0.0777. The monoisotopic (exact) mass is 408 g/mol. The Hall–Kier alpha value is -1.44. The van der Waals surface area contributed by atoms with Crippen LogP contribution in [0.3, 0.4) is 0 Å². The maximum atomic E-state index is 12.4. The van der Waals surface area contributed by atoms with Crippen LogP contribution in [-0.2, 0) is 26.1 Å². The van der Waals surface area contributed by atoms with Crippen molar-refractivity contribution in [3.8, 4) is 0 Å². The number of benzene rings is 1. The van der Waals surface area contributed by atoms with E-state index >= 15 is 0 Å². The van der Waals surface area contributed by atoms with Crippen molar-refractivity contribution >= 4 is 15.9 Å². The normalized spacial score (nSPS) is 22.8. The van der Waals surface area contributed by atoms with E-state index in [2.05, 4.69) is 5.32 Å². The molecule has 1 spiro atoms. The summed E-state index contributed by atoms with van der Waals surface area (Å²) in [5.74, 6) is 0.586. The summed E-state index contributed by atoms with van der Waals surface area (Å²) < 4.78 is 32.3. The first-order valence-electron chi connectivity index (χ1n) is 10.3. The number of amides is 1. The molecule has 1 amide bonds. The molecule has 0 aromatic heterocycles. The molecule has 1 aromatic rings. The van der Waals surface area contributed by atoms with Crippen LogP contribution in [0, 0.1) is 5.92 Å². The summed E-state index contributed by atoms with van der Waals surface area (Å²) in [5, 5.41) is 3.01. The Morgan fingerprint density at radius 3 is 2.64 bits per heavy atom. The van der Waals surface area contributed by atoms with Crippen molar-refractivity contribution in [2.45, 2.75) is 57.6 Å². The maximum Gasteiger partial charge on any atom is 0.220 e. The molecule has 7 heteroatoms. The quantitative estimate of drug-likeness (QED) is 0.753. The van der Waals surface area contributed by atoms with Gasteiger partial charge in [0, 0.05) is 32.7 Å². The zero-order valence-electron chi connectivity index (χ0n) is 16.7. The second-order valence-corrected chi connectivity index (χ2v) is 10.2. The summed E-state index contributed by atoms with van der Waals surface area (Å²) in [5.41, 5.74) is 0.834. The van der Waals surface area contributed by atoms with Crippen molar-refractivity contribution in [2.75, 3.05) is 25.4 Å². The highest BCUT2D eigenvalue weighted by atomic mass is 32.2. The number of hydrogen-bond acceptors (Lipinski definition) is 4. The van der Waals surface area contributed by atoms with Gasteiger partial charge in [0.25, 0.3) is 0 Å². The Kier molecular flexibility index (Phi) is 7.12. The van der Waals surface area contributed by atoms with Gasteiger partial charge in [0.2, 0.25) is 15.9 Å². The lowest BCUT2D eigenvalue weighted by atomic mass is 9.78. The first-order chi connectivity index (χ1) is 13.4. The molecular formula is C21H32N2O4S. The van der Waals surface area contributed by atoms with Crippen LogP contribution in [0.4, 0.5) is 0 Å². The Bertz CT molecular complexity index is 743. The van der Waals surface area contributed by atoms with Crippen molar-refractivity contribution in [3.05, 3.63) is 35.9 Å². The highest BCUT2D eigenvalue weighted by Gasteiger charge is 2.42. The SMILES string of the molecule is CCCS(=O)(=O)N1CCC2(CC1)CC(CC(=O)NCc1ccccc1)CCO2. The third kappa shape index (κ3) is 5.55. The molecule has 1 N–H and O–H groups in total. The van der Waals surface area contributed by atoms with Gasteiger partial charge in [0.05, 0.1) is 11.4 Å². The number of ether oxygens (including phenoxy) is 1. The third-order valence-electron chi connectivity index (χ3n) is 5.89. The number of piperidine rings is 1. The van der Waals surface area contributed by atoms with Crippen LogP contribution in [-0.4, -0.2) is 49.7 Å². The summed E-state index contributed by atoms with van der Waals surface area (Å²) in [6.45, 7) is 4.14. The number of nitrogens with zero attached hydrogens (tertiary/aromatic N) is 1. The lowest BCUT2D eigenvalue weighted by Gasteiger charge is -2.45. The van der Waals surface area contributed by atoms with Gasteiger partial charge in [-0.2, -0.15) is 0 Å². The van der Waals surface area contributed by atoms with Gasteiger partial charge in [-0.15, -0.1) is 0 Å². The molecule has 2 aliphatic heterocycles. The van der Waals surface area contributed by atoms with Gasteiger partial charge in [-0.25, -0.2) is 12.7 Å². The van der Waals surface area contributed by atoms with Crippen molar-refractivity contribution in [2.24, 2.45) is 5.92 Å². The first-order valence-corrected chi connectivity index (χ1v) is 12.0. The van der Waals surface area contributed by atoms with Crippen molar-refractivity contribution in [1.82, 2.24) is 9.62 Å². The lowest BCUT2D eigenvalue weighted by molar-refractivity contribution is -0.132. The molecule has 1 unspecified atom stereocenters. The fraction of sp³-hybridized carbons (Fsp3) is 0.667. The second kappa shape index (κ2) is 9.37. The Morgan fingerprint density at radius 2 is 1.96 bits per heavy atom. The molecule has 0 aliphatic carbocycles. The van der Waals surface area contributed by atoms with Gasteiger partial charge in [-0.3, -0.25) is 4.79 Å². The second-order valence-electron chi connectivity index (χ2n) is 8.07. The molecule has 1 atom stereocenters. The van der Waals surface area contributed by atoms with Gasteiger partial charge < -0.3 is 10.1 Å². The summed E-state index contributed by atoms with van der Waals surface area (Å²) in [4.78, 5) is 12.4. The maximum absolute atomic E-state index is 12.4. The fourth-order valence-corrected chi connectivity index (χ4v) is 5.85. The molecular weight excluding hydrogens is 376 g/mol. The van der Waals surface area contributed by atoms with Crippen LogP contribution in [0.15, 0.2) is 30.3 Å². The van der Waals surface area contributed by atoms with Crippen LogP contribution in [0.25, 0.3) is 0 Å². The van der Waals surface area contributed by atoms with Crippen LogP contribution < -0.4 is 5.32 Å². The highest BCUT2D eigenvalue weighted by molar-refractivity contribution is 7.89. The molecule has 156 valence electrons. The number of sulfonamides is 1. The van der Waals surface area contributed by atoms with E-state index in [0.717, 1.165) is 31.2 Å². The van der Waals surface area contributed by atoms with E-state index in [1.165, 1.54) is 0 Å². The van der Waals surface area contributed by atoms with Gasteiger partial charge >= 0.3 is 0 Å². The van der Waals surface area contributed by atoms with E-state index in [0.29, 0.717) is 45.0 Å². The zero-order chi connectivity index (χ0) is 20.0. The topological polar surface area (TPSA) is 75.7 Å². The Morgan fingerprint density at radius 1 is 1.25 bits per heavy atom. The fourth-order valence-electron chi connectivity index (χ4n) is 4.34. The highest BCUT2D eigenvalue weighted by Crippen LogP contribution is 2.39. The van der Waals surface area contributed by atoms with E-state index in [4.69, 9.17) is 4.74 Å². The molecule has 2 fully saturated rings. The molecule has 0 radical (unpaired) electrons. The van der Waals surface area contributed by atoms with Crippen molar-refractivity contribution in [1.29, 1.82) is 0 Å². The predicted octanol–water partition coefficient (Wildman–Crippen LogP) is 2.69. The molecule has 0 bridgehead atoms. The van der Waals surface area contributed by atoms with Crippen LogP contribution in [0.5, 0.6) is 0 Å². The van der Waals surface area contributed by atoms with Crippen LogP contribution >= 0.6 is 0 Å². The van der Waals surface area contributed by atoms with E-state index < -0.39 is 10.0 Å². The molecule has 1 aromatic carbocycles. The molecule has 3 rings (SSSR count). The minimum Gasteiger partial charge on any atom is -0.375 e. The number of nitrogens with one attached hydrogen (secondary N) is 1. The molecule has 2 heterocycles. The average molecular weight is 409 g/mol.